The molecule has 0 aliphatic carbocycles. The number of aromatic nitrogens is 2. The average Bonchev–Trinajstić information content (AvgIpc) is 2.94. The molecule has 0 bridgehead atoms. The highest BCUT2D eigenvalue weighted by molar-refractivity contribution is 6.14. The SMILES string of the molecule is O=C(Nc1ccccc1)Nc1ccc2c(c1)Oc1ncccc1C(=O)N2c1cccnc1. The van der Waals surface area contributed by atoms with E-state index in [1.165, 1.54) is 4.90 Å². The van der Waals surface area contributed by atoms with E-state index in [1.807, 2.05) is 18.2 Å². The van der Waals surface area contributed by atoms with Crippen LogP contribution in [0.3, 0.4) is 0 Å². The van der Waals surface area contributed by atoms with Gasteiger partial charge >= 0.3 is 6.03 Å². The lowest BCUT2D eigenvalue weighted by Crippen LogP contribution is -2.25. The van der Waals surface area contributed by atoms with Crippen LogP contribution in [0.1, 0.15) is 10.4 Å². The lowest BCUT2D eigenvalue weighted by molar-refractivity contribution is 0.0998. The van der Waals surface area contributed by atoms with Crippen LogP contribution >= 0.6 is 0 Å². The standard InChI is InChI=1S/C24H17N5O3/c30-23-19-9-5-13-26-22(19)32-21-14-17(28-24(31)27-16-6-2-1-3-7-16)10-11-20(21)29(23)18-8-4-12-25-15-18/h1-15H,(H2,27,28,31). The number of hydrogen-bond acceptors (Lipinski definition) is 5. The van der Waals surface area contributed by atoms with Crippen LogP contribution in [-0.2, 0) is 0 Å². The lowest BCUT2D eigenvalue weighted by atomic mass is 10.2. The van der Waals surface area contributed by atoms with Gasteiger partial charge in [0, 0.05) is 29.8 Å². The summed E-state index contributed by atoms with van der Waals surface area (Å²) in [5, 5.41) is 5.55. The first-order valence-electron chi connectivity index (χ1n) is 9.83. The van der Waals surface area contributed by atoms with E-state index in [1.54, 1.807) is 73.2 Å². The van der Waals surface area contributed by atoms with E-state index >= 15 is 0 Å². The minimum Gasteiger partial charge on any atom is -0.436 e. The summed E-state index contributed by atoms with van der Waals surface area (Å²) in [6, 6.07) is 20.7. The number of ether oxygens (including phenoxy) is 1. The van der Waals surface area contributed by atoms with Gasteiger partial charge in [-0.2, -0.15) is 0 Å². The fourth-order valence-electron chi connectivity index (χ4n) is 3.38. The second-order valence-corrected chi connectivity index (χ2v) is 6.94. The Balaban J connectivity index is 1.51. The molecule has 5 rings (SSSR count). The molecule has 0 fully saturated rings. The molecule has 2 aromatic heterocycles. The van der Waals surface area contributed by atoms with Crippen molar-refractivity contribution in [2.45, 2.75) is 0 Å². The van der Waals surface area contributed by atoms with Crippen molar-refractivity contribution in [3.8, 4) is 11.6 Å². The van der Waals surface area contributed by atoms with E-state index in [-0.39, 0.29) is 11.8 Å². The molecule has 3 heterocycles. The van der Waals surface area contributed by atoms with Crippen molar-refractivity contribution >= 4 is 34.7 Å². The van der Waals surface area contributed by atoms with E-state index < -0.39 is 6.03 Å². The third kappa shape index (κ3) is 3.72. The molecule has 2 aromatic carbocycles. The monoisotopic (exact) mass is 423 g/mol. The molecule has 156 valence electrons. The molecule has 1 aliphatic rings. The van der Waals surface area contributed by atoms with Gasteiger partial charge in [-0.05, 0) is 48.5 Å². The number of nitrogens with one attached hydrogen (secondary N) is 2. The number of fused-ring (bicyclic) bond motifs is 2. The number of carbonyl (C=O) groups excluding carboxylic acids is 2. The summed E-state index contributed by atoms with van der Waals surface area (Å²) in [4.78, 5) is 35.6. The Morgan fingerprint density at radius 1 is 0.875 bits per heavy atom. The van der Waals surface area contributed by atoms with Crippen molar-refractivity contribution in [1.82, 2.24) is 9.97 Å². The van der Waals surface area contributed by atoms with Crippen molar-refractivity contribution < 1.29 is 14.3 Å². The van der Waals surface area contributed by atoms with Gasteiger partial charge in [-0.25, -0.2) is 9.78 Å². The fraction of sp³-hybridized carbons (Fsp3) is 0. The predicted molar refractivity (Wildman–Crippen MR) is 121 cm³/mol. The van der Waals surface area contributed by atoms with E-state index in [0.29, 0.717) is 34.1 Å². The maximum atomic E-state index is 13.4. The van der Waals surface area contributed by atoms with Crippen LogP contribution < -0.4 is 20.3 Å². The number of anilines is 4. The third-order valence-electron chi connectivity index (χ3n) is 4.81. The number of para-hydroxylation sites is 1. The van der Waals surface area contributed by atoms with Crippen molar-refractivity contribution in [3.63, 3.8) is 0 Å². The van der Waals surface area contributed by atoms with Gasteiger partial charge in [-0.1, -0.05) is 18.2 Å². The molecule has 0 radical (unpaired) electrons. The van der Waals surface area contributed by atoms with Crippen LogP contribution in [0.15, 0.2) is 91.4 Å². The van der Waals surface area contributed by atoms with Gasteiger partial charge in [0.1, 0.15) is 5.56 Å². The van der Waals surface area contributed by atoms with Crippen LogP contribution in [0.25, 0.3) is 0 Å². The zero-order valence-corrected chi connectivity index (χ0v) is 16.7. The van der Waals surface area contributed by atoms with Gasteiger partial charge in [0.05, 0.1) is 17.6 Å². The molecular formula is C24H17N5O3. The van der Waals surface area contributed by atoms with Crippen molar-refractivity contribution in [3.05, 3.63) is 97.0 Å². The van der Waals surface area contributed by atoms with Gasteiger partial charge in [0.15, 0.2) is 5.75 Å². The molecule has 8 heteroatoms. The Morgan fingerprint density at radius 2 is 1.69 bits per heavy atom. The molecule has 2 N–H and O–H groups in total. The van der Waals surface area contributed by atoms with E-state index in [2.05, 4.69) is 20.6 Å². The van der Waals surface area contributed by atoms with Gasteiger partial charge < -0.3 is 15.4 Å². The maximum absolute atomic E-state index is 13.4. The molecule has 0 saturated carbocycles. The average molecular weight is 423 g/mol. The first-order valence-corrected chi connectivity index (χ1v) is 9.83. The van der Waals surface area contributed by atoms with Crippen LogP contribution in [0, 0.1) is 0 Å². The highest BCUT2D eigenvalue weighted by Crippen LogP contribution is 2.42. The van der Waals surface area contributed by atoms with E-state index in [9.17, 15) is 9.59 Å². The number of amides is 3. The predicted octanol–water partition coefficient (Wildman–Crippen LogP) is 5.20. The Hall–Kier alpha value is -4.72. The quantitative estimate of drug-likeness (QED) is 0.472. The van der Waals surface area contributed by atoms with Gasteiger partial charge in [-0.3, -0.25) is 14.7 Å². The molecule has 0 spiro atoms. The van der Waals surface area contributed by atoms with Crippen LogP contribution in [0.5, 0.6) is 11.6 Å². The molecule has 32 heavy (non-hydrogen) atoms. The summed E-state index contributed by atoms with van der Waals surface area (Å²) in [7, 11) is 0. The summed E-state index contributed by atoms with van der Waals surface area (Å²) < 4.78 is 6.00. The van der Waals surface area contributed by atoms with E-state index in [0.717, 1.165) is 0 Å². The largest absolute Gasteiger partial charge is 0.436 e. The smallest absolute Gasteiger partial charge is 0.323 e. The number of urea groups is 1. The molecule has 0 atom stereocenters. The zero-order chi connectivity index (χ0) is 21.9. The molecule has 0 unspecified atom stereocenters. The van der Waals surface area contributed by atoms with Gasteiger partial charge in [0.2, 0.25) is 5.88 Å². The fourth-order valence-corrected chi connectivity index (χ4v) is 3.38. The lowest BCUT2D eigenvalue weighted by Gasteiger charge is -2.22. The minimum atomic E-state index is -0.400. The number of hydrogen-bond donors (Lipinski definition) is 2. The molecule has 1 aliphatic heterocycles. The molecular weight excluding hydrogens is 406 g/mol. The van der Waals surface area contributed by atoms with Crippen molar-refractivity contribution in [1.29, 1.82) is 0 Å². The summed E-state index contributed by atoms with van der Waals surface area (Å²) in [6.07, 6.45) is 4.79. The Morgan fingerprint density at radius 3 is 2.50 bits per heavy atom. The zero-order valence-electron chi connectivity index (χ0n) is 16.7. The van der Waals surface area contributed by atoms with Crippen molar-refractivity contribution in [2.24, 2.45) is 0 Å². The van der Waals surface area contributed by atoms with E-state index in [4.69, 9.17) is 4.74 Å². The first-order chi connectivity index (χ1) is 15.7. The van der Waals surface area contributed by atoms with Gasteiger partial charge in [0.25, 0.3) is 5.91 Å². The van der Waals surface area contributed by atoms with Crippen LogP contribution in [0.4, 0.5) is 27.5 Å². The topological polar surface area (TPSA) is 96.4 Å². The van der Waals surface area contributed by atoms with Gasteiger partial charge in [-0.15, -0.1) is 0 Å². The number of carbonyl (C=O) groups is 2. The summed E-state index contributed by atoms with van der Waals surface area (Å²) in [6.45, 7) is 0. The number of nitrogens with zero attached hydrogens (tertiary/aromatic N) is 3. The second kappa shape index (κ2) is 8.19. The van der Waals surface area contributed by atoms with Crippen LogP contribution in [-0.4, -0.2) is 21.9 Å². The maximum Gasteiger partial charge on any atom is 0.323 e. The Kier molecular flexibility index (Phi) is 4.93. The first kappa shape index (κ1) is 19.3. The molecule has 0 saturated heterocycles. The summed E-state index contributed by atoms with van der Waals surface area (Å²) in [5.41, 5.74) is 2.58. The van der Waals surface area contributed by atoms with Crippen molar-refractivity contribution in [2.75, 3.05) is 15.5 Å². The minimum absolute atomic E-state index is 0.191. The molecule has 3 amide bonds. The number of benzene rings is 2. The normalized spacial score (nSPS) is 12.1. The second-order valence-electron chi connectivity index (χ2n) is 6.94. The highest BCUT2D eigenvalue weighted by Gasteiger charge is 2.30. The number of pyridine rings is 2. The highest BCUT2D eigenvalue weighted by atomic mass is 16.5. The molecule has 8 nitrogen and oxygen atoms in total. The number of rotatable bonds is 3. The Labute approximate surface area is 183 Å². The third-order valence-corrected chi connectivity index (χ3v) is 4.81. The Bertz CT molecular complexity index is 1300. The summed E-state index contributed by atoms with van der Waals surface area (Å²) in [5.74, 6) is 0.274. The summed E-state index contributed by atoms with van der Waals surface area (Å²) >= 11 is 0. The molecule has 4 aromatic rings. The van der Waals surface area contributed by atoms with Crippen LogP contribution in [0.2, 0.25) is 0 Å².